The Balaban J connectivity index is 1.49. The lowest BCUT2D eigenvalue weighted by molar-refractivity contribution is 0.0303. The van der Waals surface area contributed by atoms with Crippen LogP contribution >= 0.6 is 12.2 Å². The van der Waals surface area contributed by atoms with Gasteiger partial charge in [0.1, 0.15) is 5.75 Å². The third-order valence-electron chi connectivity index (χ3n) is 5.28. The van der Waals surface area contributed by atoms with E-state index in [0.717, 1.165) is 18.6 Å². The second-order valence-electron chi connectivity index (χ2n) is 7.83. The fraction of sp³-hybridized carbons (Fsp3) is 0.400. The molecule has 33 heavy (non-hydrogen) atoms. The third kappa shape index (κ3) is 7.83. The van der Waals surface area contributed by atoms with E-state index >= 15 is 0 Å². The molecule has 0 atom stereocenters. The van der Waals surface area contributed by atoms with Crippen molar-refractivity contribution >= 4 is 34.8 Å². The minimum Gasteiger partial charge on any atom is -0.494 e. The summed E-state index contributed by atoms with van der Waals surface area (Å²) in [5.74, 6) is 0.373. The van der Waals surface area contributed by atoms with Crippen LogP contribution in [-0.2, 0) is 4.74 Å². The van der Waals surface area contributed by atoms with E-state index in [1.54, 1.807) is 53.4 Å². The molecule has 8 heteroatoms. The Morgan fingerprint density at radius 1 is 1.03 bits per heavy atom. The lowest BCUT2D eigenvalue weighted by Gasteiger charge is -2.27. The SMILES string of the molecule is CCCCCCOc1ccc(C(=O)NC(=S)Nc2cccc(C(=O)N3CCOCC3)c2)cc1. The van der Waals surface area contributed by atoms with Gasteiger partial charge >= 0.3 is 0 Å². The molecule has 1 saturated heterocycles. The third-order valence-corrected chi connectivity index (χ3v) is 5.48. The molecule has 0 unspecified atom stereocenters. The highest BCUT2D eigenvalue weighted by Crippen LogP contribution is 2.15. The zero-order valence-corrected chi connectivity index (χ0v) is 19.8. The van der Waals surface area contributed by atoms with E-state index < -0.39 is 0 Å². The molecule has 0 saturated carbocycles. The minimum atomic E-state index is -0.317. The molecular formula is C25H31N3O4S. The van der Waals surface area contributed by atoms with Crippen LogP contribution in [0.1, 0.15) is 53.3 Å². The average molecular weight is 470 g/mol. The monoisotopic (exact) mass is 469 g/mol. The van der Waals surface area contributed by atoms with Crippen molar-refractivity contribution in [2.24, 2.45) is 0 Å². The van der Waals surface area contributed by atoms with Gasteiger partial charge in [-0.3, -0.25) is 14.9 Å². The second kappa shape index (κ2) is 12.9. The van der Waals surface area contributed by atoms with Crippen molar-refractivity contribution in [1.29, 1.82) is 0 Å². The number of thiocarbonyl (C=S) groups is 1. The molecule has 0 aromatic heterocycles. The quantitative estimate of drug-likeness (QED) is 0.422. The summed E-state index contributed by atoms with van der Waals surface area (Å²) in [5, 5.41) is 5.81. The van der Waals surface area contributed by atoms with Gasteiger partial charge in [0, 0.05) is 29.9 Å². The zero-order chi connectivity index (χ0) is 23.5. The van der Waals surface area contributed by atoms with E-state index in [-0.39, 0.29) is 16.9 Å². The molecule has 1 fully saturated rings. The summed E-state index contributed by atoms with van der Waals surface area (Å²) in [5.41, 5.74) is 1.67. The molecule has 2 amide bonds. The molecular weight excluding hydrogens is 438 g/mol. The second-order valence-corrected chi connectivity index (χ2v) is 8.24. The predicted molar refractivity (Wildman–Crippen MR) is 133 cm³/mol. The summed E-state index contributed by atoms with van der Waals surface area (Å²) in [6.07, 6.45) is 4.59. The Morgan fingerprint density at radius 2 is 1.79 bits per heavy atom. The van der Waals surface area contributed by atoms with Crippen LogP contribution in [0.2, 0.25) is 0 Å². The topological polar surface area (TPSA) is 79.9 Å². The van der Waals surface area contributed by atoms with Gasteiger partial charge in [-0.25, -0.2) is 0 Å². The predicted octanol–water partition coefficient (Wildman–Crippen LogP) is 4.24. The number of ether oxygens (including phenoxy) is 2. The number of anilines is 1. The Morgan fingerprint density at radius 3 is 2.52 bits per heavy atom. The molecule has 0 radical (unpaired) electrons. The molecule has 176 valence electrons. The number of hydrogen-bond donors (Lipinski definition) is 2. The molecule has 0 spiro atoms. The first-order valence-electron chi connectivity index (χ1n) is 11.4. The molecule has 2 aromatic rings. The van der Waals surface area contributed by atoms with Crippen molar-refractivity contribution in [1.82, 2.24) is 10.2 Å². The van der Waals surface area contributed by atoms with Crippen molar-refractivity contribution in [3.8, 4) is 5.75 Å². The number of benzene rings is 2. The van der Waals surface area contributed by atoms with Gasteiger partial charge in [0.2, 0.25) is 0 Å². The highest BCUT2D eigenvalue weighted by atomic mass is 32.1. The van der Waals surface area contributed by atoms with Crippen molar-refractivity contribution in [2.75, 3.05) is 38.2 Å². The molecule has 2 aromatic carbocycles. The first-order chi connectivity index (χ1) is 16.1. The summed E-state index contributed by atoms with van der Waals surface area (Å²) >= 11 is 5.28. The van der Waals surface area contributed by atoms with Gasteiger partial charge in [-0.2, -0.15) is 0 Å². The summed E-state index contributed by atoms with van der Waals surface area (Å²) in [6.45, 7) is 5.10. The van der Waals surface area contributed by atoms with E-state index in [1.807, 2.05) is 0 Å². The number of unbranched alkanes of at least 4 members (excludes halogenated alkanes) is 3. The molecule has 2 N–H and O–H groups in total. The summed E-state index contributed by atoms with van der Waals surface area (Å²) < 4.78 is 11.0. The van der Waals surface area contributed by atoms with Crippen LogP contribution in [-0.4, -0.2) is 54.7 Å². The molecule has 0 aliphatic carbocycles. The first-order valence-corrected chi connectivity index (χ1v) is 11.8. The van der Waals surface area contributed by atoms with E-state index in [0.29, 0.717) is 49.7 Å². The Hall–Kier alpha value is -2.97. The van der Waals surface area contributed by atoms with Gasteiger partial charge in [-0.15, -0.1) is 0 Å². The van der Waals surface area contributed by atoms with Crippen LogP contribution in [0.25, 0.3) is 0 Å². The summed E-state index contributed by atoms with van der Waals surface area (Å²) in [4.78, 5) is 27.0. The Bertz CT molecular complexity index is 943. The highest BCUT2D eigenvalue weighted by molar-refractivity contribution is 7.80. The normalized spacial score (nSPS) is 13.3. The van der Waals surface area contributed by atoms with Gasteiger partial charge in [0.25, 0.3) is 11.8 Å². The van der Waals surface area contributed by atoms with Gasteiger partial charge in [0.05, 0.1) is 19.8 Å². The smallest absolute Gasteiger partial charge is 0.257 e. The number of morpholine rings is 1. The molecule has 0 bridgehead atoms. The van der Waals surface area contributed by atoms with Crippen LogP contribution in [0.3, 0.4) is 0 Å². The largest absolute Gasteiger partial charge is 0.494 e. The number of carbonyl (C=O) groups excluding carboxylic acids is 2. The fourth-order valence-corrected chi connectivity index (χ4v) is 3.65. The molecule has 1 aliphatic heterocycles. The maximum atomic E-state index is 12.7. The molecule has 1 aliphatic rings. The average Bonchev–Trinajstić information content (AvgIpc) is 2.84. The van der Waals surface area contributed by atoms with Gasteiger partial charge in [-0.05, 0) is 61.1 Å². The number of amides is 2. The summed E-state index contributed by atoms with van der Waals surface area (Å²) in [7, 11) is 0. The van der Waals surface area contributed by atoms with E-state index in [1.165, 1.54) is 12.8 Å². The van der Waals surface area contributed by atoms with Crippen LogP contribution in [0, 0.1) is 0 Å². The van der Waals surface area contributed by atoms with E-state index in [9.17, 15) is 9.59 Å². The number of hydrogen-bond acceptors (Lipinski definition) is 5. The summed E-state index contributed by atoms with van der Waals surface area (Å²) in [6, 6.07) is 14.0. The Labute approximate surface area is 200 Å². The van der Waals surface area contributed by atoms with Crippen LogP contribution in [0.4, 0.5) is 5.69 Å². The number of carbonyl (C=O) groups is 2. The van der Waals surface area contributed by atoms with Gasteiger partial charge in [0.15, 0.2) is 5.11 Å². The van der Waals surface area contributed by atoms with Crippen LogP contribution in [0.5, 0.6) is 5.75 Å². The van der Waals surface area contributed by atoms with E-state index in [2.05, 4.69) is 17.6 Å². The number of nitrogens with zero attached hydrogens (tertiary/aromatic N) is 1. The minimum absolute atomic E-state index is 0.0513. The Kier molecular flexibility index (Phi) is 9.65. The van der Waals surface area contributed by atoms with Gasteiger partial charge in [-0.1, -0.05) is 32.3 Å². The van der Waals surface area contributed by atoms with Crippen LogP contribution in [0.15, 0.2) is 48.5 Å². The van der Waals surface area contributed by atoms with Gasteiger partial charge < -0.3 is 19.7 Å². The standard InChI is InChI=1S/C25H31N3O4S/c1-2-3-4-5-15-32-22-11-9-19(10-12-22)23(29)27-25(33)26-21-8-6-7-20(18-21)24(30)28-13-16-31-17-14-28/h6-12,18H,2-5,13-17H2,1H3,(H2,26,27,29,33). The number of rotatable bonds is 9. The lowest BCUT2D eigenvalue weighted by Crippen LogP contribution is -2.40. The fourth-order valence-electron chi connectivity index (χ4n) is 3.44. The van der Waals surface area contributed by atoms with Crippen molar-refractivity contribution < 1.29 is 19.1 Å². The molecule has 1 heterocycles. The maximum absolute atomic E-state index is 12.7. The zero-order valence-electron chi connectivity index (χ0n) is 19.0. The van der Waals surface area contributed by atoms with Crippen molar-refractivity contribution in [2.45, 2.75) is 32.6 Å². The highest BCUT2D eigenvalue weighted by Gasteiger charge is 2.18. The first kappa shape index (κ1) is 24.7. The lowest BCUT2D eigenvalue weighted by atomic mass is 10.1. The van der Waals surface area contributed by atoms with Crippen LogP contribution < -0.4 is 15.4 Å². The molecule has 7 nitrogen and oxygen atoms in total. The van der Waals surface area contributed by atoms with Crippen molar-refractivity contribution in [3.63, 3.8) is 0 Å². The van der Waals surface area contributed by atoms with Crippen molar-refractivity contribution in [3.05, 3.63) is 59.7 Å². The number of nitrogens with one attached hydrogen (secondary N) is 2. The molecule has 3 rings (SSSR count). The van der Waals surface area contributed by atoms with E-state index in [4.69, 9.17) is 21.7 Å². The maximum Gasteiger partial charge on any atom is 0.257 e.